The monoisotopic (exact) mass is 363 g/mol. The summed E-state index contributed by atoms with van der Waals surface area (Å²) in [5.41, 5.74) is 0.387. The van der Waals surface area contributed by atoms with E-state index in [0.717, 1.165) is 25.9 Å². The highest BCUT2D eigenvalue weighted by Crippen LogP contribution is 2.30. The lowest BCUT2D eigenvalue weighted by Gasteiger charge is -2.12. The predicted octanol–water partition coefficient (Wildman–Crippen LogP) is 1.91. The first-order valence-electron chi connectivity index (χ1n) is 7.28. The molecule has 1 fully saturated rings. The van der Waals surface area contributed by atoms with Gasteiger partial charge >= 0.3 is 0 Å². The fourth-order valence-electron chi connectivity index (χ4n) is 2.77. The molecule has 0 aliphatic carbocycles. The maximum atomic E-state index is 12.5. The van der Waals surface area contributed by atoms with Gasteiger partial charge in [-0.1, -0.05) is 12.1 Å². The summed E-state index contributed by atoms with van der Waals surface area (Å²) < 4.78 is 27.5. The van der Waals surface area contributed by atoms with E-state index in [-0.39, 0.29) is 23.0 Å². The molecule has 1 aliphatic heterocycles. The standard InChI is InChI=1S/C14H21N3O4S.ClH/c1-10-3-4-11(2)14(13(10)17(18)19)22(20,21)16-8-6-12-5-7-15-9-12;/h3-4,12,15-16H,5-9H2,1-2H3;1H. The molecule has 0 aromatic heterocycles. The molecule has 1 saturated heterocycles. The Bertz CT molecular complexity index is 673. The Labute approximate surface area is 142 Å². The van der Waals surface area contributed by atoms with Crippen molar-refractivity contribution in [3.63, 3.8) is 0 Å². The van der Waals surface area contributed by atoms with Crippen molar-refractivity contribution in [3.8, 4) is 0 Å². The van der Waals surface area contributed by atoms with E-state index in [1.807, 2.05) is 0 Å². The summed E-state index contributed by atoms with van der Waals surface area (Å²) in [7, 11) is -3.89. The van der Waals surface area contributed by atoms with Crippen molar-refractivity contribution in [2.24, 2.45) is 5.92 Å². The summed E-state index contributed by atoms with van der Waals surface area (Å²) in [5, 5.41) is 14.5. The van der Waals surface area contributed by atoms with Crippen molar-refractivity contribution in [2.75, 3.05) is 19.6 Å². The number of aryl methyl sites for hydroxylation is 2. The number of rotatable bonds is 6. The Morgan fingerprint density at radius 2 is 2.00 bits per heavy atom. The molecule has 0 bridgehead atoms. The summed E-state index contributed by atoms with van der Waals surface area (Å²) in [6.07, 6.45) is 1.76. The summed E-state index contributed by atoms with van der Waals surface area (Å²) in [4.78, 5) is 10.4. The molecular formula is C14H22ClN3O4S. The van der Waals surface area contributed by atoms with Crippen molar-refractivity contribution in [1.29, 1.82) is 0 Å². The zero-order valence-electron chi connectivity index (χ0n) is 13.2. The van der Waals surface area contributed by atoms with Crippen LogP contribution in [0.4, 0.5) is 5.69 Å². The zero-order valence-corrected chi connectivity index (χ0v) is 14.8. The Morgan fingerprint density at radius 3 is 2.57 bits per heavy atom. The van der Waals surface area contributed by atoms with Gasteiger partial charge in [-0.3, -0.25) is 10.1 Å². The van der Waals surface area contributed by atoms with Crippen LogP contribution in [-0.2, 0) is 10.0 Å². The number of nitro benzene ring substituents is 1. The van der Waals surface area contributed by atoms with E-state index in [0.29, 0.717) is 23.6 Å². The van der Waals surface area contributed by atoms with E-state index >= 15 is 0 Å². The first-order chi connectivity index (χ1) is 10.3. The van der Waals surface area contributed by atoms with E-state index in [4.69, 9.17) is 0 Å². The second-order valence-electron chi connectivity index (χ2n) is 5.68. The zero-order chi connectivity index (χ0) is 16.3. The van der Waals surface area contributed by atoms with E-state index in [9.17, 15) is 18.5 Å². The highest BCUT2D eigenvalue weighted by molar-refractivity contribution is 7.89. The minimum Gasteiger partial charge on any atom is -0.316 e. The van der Waals surface area contributed by atoms with Gasteiger partial charge in [0.25, 0.3) is 5.69 Å². The fourth-order valence-corrected chi connectivity index (χ4v) is 4.28. The first-order valence-corrected chi connectivity index (χ1v) is 8.76. The maximum Gasteiger partial charge on any atom is 0.292 e. The van der Waals surface area contributed by atoms with Crippen LogP contribution >= 0.6 is 12.4 Å². The van der Waals surface area contributed by atoms with Crippen LogP contribution in [0, 0.1) is 29.9 Å². The van der Waals surface area contributed by atoms with E-state index < -0.39 is 14.9 Å². The molecule has 7 nitrogen and oxygen atoms in total. The van der Waals surface area contributed by atoms with Crippen LogP contribution in [0.1, 0.15) is 24.0 Å². The minimum absolute atomic E-state index is 0. The molecule has 23 heavy (non-hydrogen) atoms. The third-order valence-corrected chi connectivity index (χ3v) is 5.63. The van der Waals surface area contributed by atoms with Crippen molar-refractivity contribution in [2.45, 2.75) is 31.6 Å². The molecule has 0 saturated carbocycles. The Balaban J connectivity index is 0.00000264. The summed E-state index contributed by atoms with van der Waals surface area (Å²) in [6, 6.07) is 3.16. The van der Waals surface area contributed by atoms with Gasteiger partial charge in [0, 0.05) is 12.1 Å². The van der Waals surface area contributed by atoms with Gasteiger partial charge in [0.1, 0.15) is 0 Å². The van der Waals surface area contributed by atoms with Gasteiger partial charge in [-0.2, -0.15) is 0 Å². The quantitative estimate of drug-likeness (QED) is 0.593. The molecular weight excluding hydrogens is 342 g/mol. The van der Waals surface area contributed by atoms with Gasteiger partial charge in [-0.25, -0.2) is 13.1 Å². The topological polar surface area (TPSA) is 101 Å². The first kappa shape index (κ1) is 19.8. The molecule has 1 aromatic rings. The largest absolute Gasteiger partial charge is 0.316 e. The molecule has 1 atom stereocenters. The lowest BCUT2D eigenvalue weighted by Crippen LogP contribution is -2.28. The fraction of sp³-hybridized carbons (Fsp3) is 0.571. The maximum absolute atomic E-state index is 12.5. The molecule has 2 rings (SSSR count). The number of halogens is 1. The smallest absolute Gasteiger partial charge is 0.292 e. The van der Waals surface area contributed by atoms with Crippen LogP contribution in [0.3, 0.4) is 0 Å². The summed E-state index contributed by atoms with van der Waals surface area (Å²) in [6.45, 7) is 5.26. The number of nitrogens with one attached hydrogen (secondary N) is 2. The number of nitro groups is 1. The normalized spacial score (nSPS) is 17.7. The lowest BCUT2D eigenvalue weighted by atomic mass is 10.1. The summed E-state index contributed by atoms with van der Waals surface area (Å²) >= 11 is 0. The van der Waals surface area contributed by atoms with Crippen LogP contribution in [0.15, 0.2) is 17.0 Å². The number of hydrogen-bond donors (Lipinski definition) is 2. The lowest BCUT2D eigenvalue weighted by molar-refractivity contribution is -0.388. The van der Waals surface area contributed by atoms with Crippen LogP contribution in [-0.4, -0.2) is 33.0 Å². The van der Waals surface area contributed by atoms with Crippen LogP contribution in [0.25, 0.3) is 0 Å². The van der Waals surface area contributed by atoms with Gasteiger partial charge in [0.2, 0.25) is 10.0 Å². The third kappa shape index (κ3) is 4.63. The van der Waals surface area contributed by atoms with Gasteiger partial charge < -0.3 is 5.32 Å². The van der Waals surface area contributed by atoms with Gasteiger partial charge in [-0.05, 0) is 51.3 Å². The van der Waals surface area contributed by atoms with E-state index in [2.05, 4.69) is 10.0 Å². The molecule has 1 aliphatic rings. The average Bonchev–Trinajstić information content (AvgIpc) is 2.93. The van der Waals surface area contributed by atoms with Crippen LogP contribution < -0.4 is 10.0 Å². The van der Waals surface area contributed by atoms with Crippen LogP contribution in [0.5, 0.6) is 0 Å². The molecule has 0 radical (unpaired) electrons. The SMILES string of the molecule is Cc1ccc(C)c(S(=O)(=O)NCCC2CCNC2)c1[N+](=O)[O-].Cl. The number of benzene rings is 1. The molecule has 1 unspecified atom stereocenters. The van der Waals surface area contributed by atoms with Crippen LogP contribution in [0.2, 0.25) is 0 Å². The second-order valence-corrected chi connectivity index (χ2v) is 7.38. The van der Waals surface area contributed by atoms with E-state index in [1.165, 1.54) is 0 Å². The molecule has 0 amide bonds. The van der Waals surface area contributed by atoms with E-state index in [1.54, 1.807) is 26.0 Å². The van der Waals surface area contributed by atoms with Crippen molar-refractivity contribution < 1.29 is 13.3 Å². The predicted molar refractivity (Wildman–Crippen MR) is 90.6 cm³/mol. The number of sulfonamides is 1. The van der Waals surface area contributed by atoms with Crippen molar-refractivity contribution in [3.05, 3.63) is 33.4 Å². The van der Waals surface area contributed by atoms with Crippen molar-refractivity contribution >= 4 is 28.1 Å². The molecule has 130 valence electrons. The Kier molecular flexibility index (Phi) is 6.94. The number of nitrogens with zero attached hydrogens (tertiary/aromatic N) is 1. The third-order valence-electron chi connectivity index (χ3n) is 3.99. The summed E-state index contributed by atoms with van der Waals surface area (Å²) in [5.74, 6) is 0.455. The molecule has 0 spiro atoms. The van der Waals surface area contributed by atoms with Gasteiger partial charge in [0.15, 0.2) is 4.90 Å². The molecule has 2 N–H and O–H groups in total. The van der Waals surface area contributed by atoms with Crippen molar-refractivity contribution in [1.82, 2.24) is 10.0 Å². The average molecular weight is 364 g/mol. The molecule has 1 aromatic carbocycles. The Hall–Kier alpha value is -1.22. The Morgan fingerprint density at radius 1 is 1.35 bits per heavy atom. The minimum atomic E-state index is -3.89. The van der Waals surface area contributed by atoms with Gasteiger partial charge in [-0.15, -0.1) is 12.4 Å². The highest BCUT2D eigenvalue weighted by Gasteiger charge is 2.29. The number of hydrogen-bond acceptors (Lipinski definition) is 5. The van der Waals surface area contributed by atoms with Gasteiger partial charge in [0.05, 0.1) is 4.92 Å². The second kappa shape index (κ2) is 8.05. The molecule has 9 heteroatoms. The highest BCUT2D eigenvalue weighted by atomic mass is 35.5. The molecule has 1 heterocycles.